The number of nitrogens with two attached hydrogens (primary N) is 1. The maximum Gasteiger partial charge on any atom is 0.0346 e. The van der Waals surface area contributed by atoms with Gasteiger partial charge in [0.25, 0.3) is 0 Å². The molecule has 1 unspecified atom stereocenters. The molecular weight excluding hydrogens is 166 g/mol. The molecule has 1 rings (SSSR count). The van der Waals surface area contributed by atoms with Crippen molar-refractivity contribution in [3.05, 3.63) is 29.8 Å². The van der Waals surface area contributed by atoms with Gasteiger partial charge >= 0.3 is 0 Å². The van der Waals surface area contributed by atoms with Crippen LogP contribution in [0.25, 0.3) is 0 Å². The summed E-state index contributed by atoms with van der Waals surface area (Å²) in [5, 5.41) is 0.648. The minimum Gasteiger partial charge on any atom is -0.399 e. The third-order valence-electron chi connectivity index (χ3n) is 1.96. The van der Waals surface area contributed by atoms with E-state index in [1.807, 2.05) is 30.0 Å². The first-order valence-corrected chi connectivity index (χ1v) is 5.39. The molecule has 1 nitrogen and oxygen atoms in total. The molecule has 0 saturated carbocycles. The number of nitrogen functional groups attached to an aromatic ring is 1. The van der Waals surface area contributed by atoms with Gasteiger partial charge in [0.15, 0.2) is 0 Å². The molecule has 0 amide bonds. The zero-order valence-electron chi connectivity index (χ0n) is 7.58. The van der Waals surface area contributed by atoms with E-state index in [4.69, 9.17) is 5.73 Å². The summed E-state index contributed by atoms with van der Waals surface area (Å²) in [6.45, 7) is 2.22. The van der Waals surface area contributed by atoms with Crippen molar-refractivity contribution in [1.82, 2.24) is 0 Å². The fourth-order valence-corrected chi connectivity index (χ4v) is 1.46. The Labute approximate surface area is 78.4 Å². The van der Waals surface area contributed by atoms with E-state index in [0.29, 0.717) is 5.25 Å². The van der Waals surface area contributed by atoms with Crippen LogP contribution < -0.4 is 5.73 Å². The van der Waals surface area contributed by atoms with E-state index in [1.165, 1.54) is 5.56 Å². The highest BCUT2D eigenvalue weighted by Gasteiger charge is 2.03. The van der Waals surface area contributed by atoms with Gasteiger partial charge in [0, 0.05) is 10.9 Å². The van der Waals surface area contributed by atoms with Crippen molar-refractivity contribution in [2.45, 2.75) is 18.6 Å². The minimum absolute atomic E-state index is 0.648. The number of rotatable bonds is 3. The Kier molecular flexibility index (Phi) is 3.48. The Hall–Kier alpha value is -0.630. The second-order valence-corrected chi connectivity index (χ2v) is 4.23. The Bertz CT molecular complexity index is 247. The van der Waals surface area contributed by atoms with Crippen molar-refractivity contribution in [1.29, 1.82) is 0 Å². The lowest BCUT2D eigenvalue weighted by Crippen LogP contribution is -2.03. The van der Waals surface area contributed by atoms with Crippen LogP contribution in [0, 0.1) is 0 Å². The summed E-state index contributed by atoms with van der Waals surface area (Å²) >= 11 is 1.87. The summed E-state index contributed by atoms with van der Waals surface area (Å²) in [6.07, 6.45) is 3.19. The topological polar surface area (TPSA) is 26.0 Å². The predicted octanol–water partition coefficient (Wildman–Crippen LogP) is 2.56. The van der Waals surface area contributed by atoms with Crippen LogP contribution in [0.15, 0.2) is 24.3 Å². The van der Waals surface area contributed by atoms with Gasteiger partial charge in [-0.1, -0.05) is 25.1 Å². The van der Waals surface area contributed by atoms with Crippen LogP contribution in [0.4, 0.5) is 5.69 Å². The number of anilines is 1. The molecule has 0 bridgehead atoms. The van der Waals surface area contributed by atoms with Crippen LogP contribution in [0.3, 0.4) is 0 Å². The van der Waals surface area contributed by atoms with E-state index < -0.39 is 0 Å². The summed E-state index contributed by atoms with van der Waals surface area (Å²) in [7, 11) is 0. The molecular formula is C10H15NS. The van der Waals surface area contributed by atoms with Gasteiger partial charge in [-0.05, 0) is 24.3 Å². The van der Waals surface area contributed by atoms with Crippen molar-refractivity contribution in [2.24, 2.45) is 0 Å². The van der Waals surface area contributed by atoms with E-state index >= 15 is 0 Å². The number of thioether (sulfide) groups is 1. The number of hydrogen-bond acceptors (Lipinski definition) is 2. The Morgan fingerprint density at radius 2 is 2.08 bits per heavy atom. The molecule has 1 aromatic carbocycles. The van der Waals surface area contributed by atoms with E-state index in [1.54, 1.807) is 0 Å². The second-order valence-electron chi connectivity index (χ2n) is 2.95. The average Bonchev–Trinajstić information content (AvgIpc) is 2.09. The molecule has 1 aromatic rings. The van der Waals surface area contributed by atoms with Crippen molar-refractivity contribution in [3.63, 3.8) is 0 Å². The molecule has 1 atom stereocenters. The quantitative estimate of drug-likeness (QED) is 0.725. The molecule has 2 N–H and O–H groups in total. The molecule has 0 saturated heterocycles. The zero-order chi connectivity index (χ0) is 8.97. The maximum atomic E-state index is 5.81. The Balaban J connectivity index is 2.69. The van der Waals surface area contributed by atoms with Crippen LogP contribution in [0.5, 0.6) is 0 Å². The van der Waals surface area contributed by atoms with Crippen LogP contribution in [-0.2, 0) is 6.42 Å². The lowest BCUT2D eigenvalue weighted by Gasteiger charge is -2.09. The molecule has 0 spiro atoms. The first kappa shape index (κ1) is 9.46. The van der Waals surface area contributed by atoms with Gasteiger partial charge in [-0.2, -0.15) is 11.8 Å². The molecule has 2 heteroatoms. The molecule has 0 heterocycles. The smallest absolute Gasteiger partial charge is 0.0346 e. The summed E-state index contributed by atoms with van der Waals surface area (Å²) in [4.78, 5) is 0. The lowest BCUT2D eigenvalue weighted by molar-refractivity contribution is 0.948. The second kappa shape index (κ2) is 4.41. The monoisotopic (exact) mass is 181 g/mol. The van der Waals surface area contributed by atoms with Gasteiger partial charge in [0.05, 0.1) is 0 Å². The molecule has 0 radical (unpaired) electrons. The van der Waals surface area contributed by atoms with Gasteiger partial charge in [0.2, 0.25) is 0 Å². The maximum absolute atomic E-state index is 5.81. The molecule has 66 valence electrons. The molecule has 0 aliphatic carbocycles. The summed E-state index contributed by atoms with van der Waals surface area (Å²) < 4.78 is 0. The van der Waals surface area contributed by atoms with Crippen LogP contribution in [-0.4, -0.2) is 11.5 Å². The van der Waals surface area contributed by atoms with Crippen molar-refractivity contribution in [3.8, 4) is 0 Å². The number of benzene rings is 1. The molecule has 0 fully saturated rings. The van der Waals surface area contributed by atoms with Crippen LogP contribution >= 0.6 is 11.8 Å². The summed E-state index contributed by atoms with van der Waals surface area (Å²) in [5.74, 6) is 0. The van der Waals surface area contributed by atoms with E-state index in [9.17, 15) is 0 Å². The third kappa shape index (κ3) is 2.45. The van der Waals surface area contributed by atoms with Gasteiger partial charge < -0.3 is 5.73 Å². The zero-order valence-corrected chi connectivity index (χ0v) is 8.40. The normalized spacial score (nSPS) is 12.8. The Morgan fingerprint density at radius 1 is 1.42 bits per heavy atom. The molecule has 0 aliphatic rings. The van der Waals surface area contributed by atoms with Crippen molar-refractivity contribution < 1.29 is 0 Å². The first-order valence-electron chi connectivity index (χ1n) is 4.10. The van der Waals surface area contributed by atoms with E-state index in [2.05, 4.69) is 19.2 Å². The SMILES string of the molecule is CSC(C)Cc1ccccc1N. The summed E-state index contributed by atoms with van der Waals surface area (Å²) in [6, 6.07) is 8.08. The van der Waals surface area contributed by atoms with Crippen molar-refractivity contribution >= 4 is 17.4 Å². The van der Waals surface area contributed by atoms with Gasteiger partial charge in [0.1, 0.15) is 0 Å². The average molecular weight is 181 g/mol. The first-order chi connectivity index (χ1) is 5.74. The standard InChI is InChI=1S/C10H15NS/c1-8(12-2)7-9-5-3-4-6-10(9)11/h3-6,8H,7,11H2,1-2H3. The molecule has 12 heavy (non-hydrogen) atoms. The third-order valence-corrected chi connectivity index (χ3v) is 2.94. The number of hydrogen-bond donors (Lipinski definition) is 1. The fourth-order valence-electron chi connectivity index (χ4n) is 1.11. The highest BCUT2D eigenvalue weighted by atomic mass is 32.2. The minimum atomic E-state index is 0.648. The van der Waals surface area contributed by atoms with Gasteiger partial charge in [-0.25, -0.2) is 0 Å². The lowest BCUT2D eigenvalue weighted by atomic mass is 10.1. The van der Waals surface area contributed by atoms with E-state index in [0.717, 1.165) is 12.1 Å². The van der Waals surface area contributed by atoms with Gasteiger partial charge in [-0.3, -0.25) is 0 Å². The Morgan fingerprint density at radius 3 is 2.67 bits per heavy atom. The predicted molar refractivity (Wildman–Crippen MR) is 57.5 cm³/mol. The highest BCUT2D eigenvalue weighted by Crippen LogP contribution is 2.17. The van der Waals surface area contributed by atoms with Crippen molar-refractivity contribution in [2.75, 3.05) is 12.0 Å². The van der Waals surface area contributed by atoms with E-state index in [-0.39, 0.29) is 0 Å². The molecule has 0 aromatic heterocycles. The van der Waals surface area contributed by atoms with Gasteiger partial charge in [-0.15, -0.1) is 0 Å². The number of para-hydroxylation sites is 1. The van der Waals surface area contributed by atoms with Crippen LogP contribution in [0.1, 0.15) is 12.5 Å². The largest absolute Gasteiger partial charge is 0.399 e. The summed E-state index contributed by atoms with van der Waals surface area (Å²) in [5.41, 5.74) is 7.99. The fraction of sp³-hybridized carbons (Fsp3) is 0.400. The van der Waals surface area contributed by atoms with Crippen LogP contribution in [0.2, 0.25) is 0 Å². The highest BCUT2D eigenvalue weighted by molar-refractivity contribution is 7.99. The molecule has 0 aliphatic heterocycles.